The van der Waals surface area contributed by atoms with E-state index in [0.717, 1.165) is 44.6 Å². The minimum Gasteiger partial charge on any atom is -0.354 e. The Labute approximate surface area is 114 Å². The monoisotopic (exact) mass is 262 g/mol. The van der Waals surface area contributed by atoms with Gasteiger partial charge in [-0.15, -0.1) is 0 Å². The Kier molecular flexibility index (Phi) is 3.66. The van der Waals surface area contributed by atoms with E-state index >= 15 is 0 Å². The number of hydrogen-bond acceptors (Lipinski definition) is 6. The van der Waals surface area contributed by atoms with E-state index in [9.17, 15) is 0 Å². The molecule has 0 spiro atoms. The SMILES string of the molecule is CCNc1nc(N2CCCC2)nc(N2CCCC2)n1. The van der Waals surface area contributed by atoms with Crippen molar-refractivity contribution >= 4 is 17.8 Å². The zero-order chi connectivity index (χ0) is 13.1. The second-order valence-corrected chi connectivity index (χ2v) is 5.18. The van der Waals surface area contributed by atoms with Crippen LogP contribution in [0.3, 0.4) is 0 Å². The lowest BCUT2D eigenvalue weighted by Crippen LogP contribution is -2.26. The quantitative estimate of drug-likeness (QED) is 0.887. The average Bonchev–Trinajstić information content (AvgIpc) is 3.12. The van der Waals surface area contributed by atoms with Gasteiger partial charge in [0.25, 0.3) is 0 Å². The zero-order valence-electron chi connectivity index (χ0n) is 11.6. The van der Waals surface area contributed by atoms with Gasteiger partial charge in [-0.1, -0.05) is 0 Å². The predicted octanol–water partition coefficient (Wildman–Crippen LogP) is 1.50. The van der Waals surface area contributed by atoms with Gasteiger partial charge in [-0.2, -0.15) is 15.0 Å². The van der Waals surface area contributed by atoms with E-state index in [-0.39, 0.29) is 0 Å². The molecular weight excluding hydrogens is 240 g/mol. The van der Waals surface area contributed by atoms with Gasteiger partial charge in [-0.05, 0) is 32.6 Å². The molecule has 0 amide bonds. The second-order valence-electron chi connectivity index (χ2n) is 5.18. The summed E-state index contributed by atoms with van der Waals surface area (Å²) in [4.78, 5) is 18.3. The summed E-state index contributed by atoms with van der Waals surface area (Å²) < 4.78 is 0. The summed E-state index contributed by atoms with van der Waals surface area (Å²) in [5.41, 5.74) is 0. The topological polar surface area (TPSA) is 57.2 Å². The molecule has 0 atom stereocenters. The van der Waals surface area contributed by atoms with Crippen molar-refractivity contribution in [3.8, 4) is 0 Å². The molecule has 0 aliphatic carbocycles. The lowest BCUT2D eigenvalue weighted by Gasteiger charge is -2.20. The van der Waals surface area contributed by atoms with Crippen molar-refractivity contribution in [1.82, 2.24) is 15.0 Å². The maximum atomic E-state index is 4.67. The van der Waals surface area contributed by atoms with Crippen LogP contribution in [0.5, 0.6) is 0 Å². The lowest BCUT2D eigenvalue weighted by molar-refractivity contribution is 0.837. The van der Waals surface area contributed by atoms with Crippen LogP contribution in [0, 0.1) is 0 Å². The van der Waals surface area contributed by atoms with E-state index < -0.39 is 0 Å². The molecule has 2 fully saturated rings. The number of nitrogens with zero attached hydrogens (tertiary/aromatic N) is 5. The van der Waals surface area contributed by atoms with Crippen molar-refractivity contribution in [1.29, 1.82) is 0 Å². The van der Waals surface area contributed by atoms with Gasteiger partial charge in [0.2, 0.25) is 17.8 Å². The first-order valence-electron chi connectivity index (χ1n) is 7.36. The van der Waals surface area contributed by atoms with Gasteiger partial charge < -0.3 is 15.1 Å². The molecule has 1 N–H and O–H groups in total. The van der Waals surface area contributed by atoms with Crippen LogP contribution in [0.1, 0.15) is 32.6 Å². The fourth-order valence-corrected chi connectivity index (χ4v) is 2.71. The first kappa shape index (κ1) is 12.4. The highest BCUT2D eigenvalue weighted by molar-refractivity contribution is 5.46. The van der Waals surface area contributed by atoms with Crippen LogP contribution in [-0.2, 0) is 0 Å². The summed E-state index contributed by atoms with van der Waals surface area (Å²) in [6.07, 6.45) is 4.95. The van der Waals surface area contributed by atoms with Crippen LogP contribution in [0.25, 0.3) is 0 Å². The fraction of sp³-hybridized carbons (Fsp3) is 0.769. The second kappa shape index (κ2) is 5.59. The van der Waals surface area contributed by atoms with E-state index in [0.29, 0.717) is 5.95 Å². The van der Waals surface area contributed by atoms with Gasteiger partial charge in [0.1, 0.15) is 0 Å². The number of hydrogen-bond donors (Lipinski definition) is 1. The molecule has 19 heavy (non-hydrogen) atoms. The minimum atomic E-state index is 0.710. The number of rotatable bonds is 4. The molecule has 104 valence electrons. The van der Waals surface area contributed by atoms with Gasteiger partial charge in [0, 0.05) is 32.7 Å². The molecule has 3 heterocycles. The molecular formula is C13H22N6. The van der Waals surface area contributed by atoms with E-state index in [1.807, 2.05) is 0 Å². The van der Waals surface area contributed by atoms with Gasteiger partial charge in [0.15, 0.2) is 0 Å². The van der Waals surface area contributed by atoms with Gasteiger partial charge >= 0.3 is 0 Å². The summed E-state index contributed by atoms with van der Waals surface area (Å²) in [5, 5.41) is 3.22. The largest absolute Gasteiger partial charge is 0.354 e. The summed E-state index contributed by atoms with van der Waals surface area (Å²) in [5.74, 6) is 2.39. The molecule has 0 bridgehead atoms. The summed E-state index contributed by atoms with van der Waals surface area (Å²) in [6, 6.07) is 0. The van der Waals surface area contributed by atoms with E-state index in [2.05, 4.69) is 37.0 Å². The Bertz CT molecular complexity index is 389. The highest BCUT2D eigenvalue weighted by Gasteiger charge is 2.21. The number of nitrogens with one attached hydrogen (secondary N) is 1. The summed E-state index contributed by atoms with van der Waals surface area (Å²) >= 11 is 0. The van der Waals surface area contributed by atoms with Crippen LogP contribution < -0.4 is 15.1 Å². The molecule has 3 rings (SSSR count). The molecule has 6 nitrogen and oxygen atoms in total. The predicted molar refractivity (Wildman–Crippen MR) is 76.9 cm³/mol. The van der Waals surface area contributed by atoms with E-state index in [4.69, 9.17) is 0 Å². The molecule has 1 aromatic rings. The first-order valence-corrected chi connectivity index (χ1v) is 7.36. The van der Waals surface area contributed by atoms with Crippen LogP contribution in [0.2, 0.25) is 0 Å². The molecule has 6 heteroatoms. The van der Waals surface area contributed by atoms with E-state index in [1.54, 1.807) is 0 Å². The molecule has 1 aromatic heterocycles. The highest BCUT2D eigenvalue weighted by Crippen LogP contribution is 2.22. The van der Waals surface area contributed by atoms with Crippen LogP contribution >= 0.6 is 0 Å². The van der Waals surface area contributed by atoms with Gasteiger partial charge in [-0.3, -0.25) is 0 Å². The molecule has 0 unspecified atom stereocenters. The minimum absolute atomic E-state index is 0.710. The van der Waals surface area contributed by atoms with Crippen molar-refractivity contribution in [2.75, 3.05) is 47.8 Å². The Morgan fingerprint density at radius 1 is 0.842 bits per heavy atom. The van der Waals surface area contributed by atoms with Crippen LogP contribution in [-0.4, -0.2) is 47.7 Å². The molecule has 2 aliphatic rings. The third kappa shape index (κ3) is 2.72. The normalized spacial score (nSPS) is 19.2. The van der Waals surface area contributed by atoms with Crippen molar-refractivity contribution in [3.05, 3.63) is 0 Å². The van der Waals surface area contributed by atoms with Gasteiger partial charge in [-0.25, -0.2) is 0 Å². The highest BCUT2D eigenvalue weighted by atomic mass is 15.4. The fourth-order valence-electron chi connectivity index (χ4n) is 2.71. The Balaban J connectivity index is 1.88. The van der Waals surface area contributed by atoms with Crippen LogP contribution in [0.15, 0.2) is 0 Å². The molecule has 0 radical (unpaired) electrons. The maximum absolute atomic E-state index is 4.67. The van der Waals surface area contributed by atoms with Crippen molar-refractivity contribution in [2.45, 2.75) is 32.6 Å². The molecule has 0 aromatic carbocycles. The standard InChI is InChI=1S/C13H22N6/c1-2-14-11-15-12(18-7-3-4-8-18)17-13(16-11)19-9-5-6-10-19/h2-10H2,1H3,(H,14,15,16,17). The van der Waals surface area contributed by atoms with Crippen LogP contribution in [0.4, 0.5) is 17.8 Å². The van der Waals surface area contributed by atoms with Crippen molar-refractivity contribution in [2.24, 2.45) is 0 Å². The summed E-state index contributed by atoms with van der Waals surface area (Å²) in [7, 11) is 0. The van der Waals surface area contributed by atoms with Gasteiger partial charge in [0.05, 0.1) is 0 Å². The molecule has 0 saturated carbocycles. The Hall–Kier alpha value is -1.59. The Morgan fingerprint density at radius 2 is 1.32 bits per heavy atom. The number of aromatic nitrogens is 3. The first-order chi connectivity index (χ1) is 9.36. The molecule has 2 saturated heterocycles. The smallest absolute Gasteiger partial charge is 0.231 e. The maximum Gasteiger partial charge on any atom is 0.231 e. The number of anilines is 3. The molecule has 2 aliphatic heterocycles. The average molecular weight is 262 g/mol. The lowest BCUT2D eigenvalue weighted by atomic mass is 10.4. The zero-order valence-corrected chi connectivity index (χ0v) is 11.6. The van der Waals surface area contributed by atoms with Crippen molar-refractivity contribution < 1.29 is 0 Å². The summed E-state index contributed by atoms with van der Waals surface area (Å²) in [6.45, 7) is 7.16. The van der Waals surface area contributed by atoms with Crippen molar-refractivity contribution in [3.63, 3.8) is 0 Å². The Morgan fingerprint density at radius 3 is 1.74 bits per heavy atom. The third-order valence-electron chi connectivity index (χ3n) is 3.72. The van der Waals surface area contributed by atoms with E-state index in [1.165, 1.54) is 25.7 Å². The third-order valence-corrected chi connectivity index (χ3v) is 3.72.